The summed E-state index contributed by atoms with van der Waals surface area (Å²) in [6.45, 7) is 3.07. The van der Waals surface area contributed by atoms with Crippen LogP contribution in [0.3, 0.4) is 0 Å². The van der Waals surface area contributed by atoms with E-state index in [4.69, 9.17) is 25.3 Å². The van der Waals surface area contributed by atoms with Crippen molar-refractivity contribution in [2.24, 2.45) is 0 Å². The first-order valence-electron chi connectivity index (χ1n) is 7.98. The van der Waals surface area contributed by atoms with Crippen molar-refractivity contribution >= 4 is 23.5 Å². The summed E-state index contributed by atoms with van der Waals surface area (Å²) in [7, 11) is 1.28. The number of rotatable bonds is 5. The average Bonchev–Trinajstić information content (AvgIpc) is 3.22. The van der Waals surface area contributed by atoms with Crippen molar-refractivity contribution in [2.75, 3.05) is 7.11 Å². The number of benzene rings is 1. The van der Waals surface area contributed by atoms with Gasteiger partial charge >= 0.3 is 11.9 Å². The van der Waals surface area contributed by atoms with E-state index in [9.17, 15) is 9.59 Å². The molecular formula is C19H16ClNO6. The molecule has 0 radical (unpaired) electrons. The van der Waals surface area contributed by atoms with Crippen LogP contribution in [0.1, 0.15) is 38.0 Å². The summed E-state index contributed by atoms with van der Waals surface area (Å²) < 4.78 is 20.6. The fourth-order valence-corrected chi connectivity index (χ4v) is 2.81. The van der Waals surface area contributed by atoms with Gasteiger partial charge in [0.25, 0.3) is 0 Å². The molecule has 0 saturated carbocycles. The van der Waals surface area contributed by atoms with Crippen LogP contribution in [0.15, 0.2) is 39.3 Å². The van der Waals surface area contributed by atoms with Crippen LogP contribution < -0.4 is 0 Å². The zero-order valence-corrected chi connectivity index (χ0v) is 15.6. The number of esters is 2. The van der Waals surface area contributed by atoms with E-state index in [1.54, 1.807) is 38.1 Å². The number of ether oxygens (including phenoxy) is 2. The fraction of sp³-hybridized carbons (Fsp3) is 0.211. The smallest absolute Gasteiger partial charge is 0.344 e. The van der Waals surface area contributed by atoms with Gasteiger partial charge in [-0.2, -0.15) is 0 Å². The van der Waals surface area contributed by atoms with Crippen LogP contribution in [0.5, 0.6) is 0 Å². The minimum Gasteiger partial charge on any atom is -0.465 e. The average molecular weight is 390 g/mol. The van der Waals surface area contributed by atoms with Crippen molar-refractivity contribution in [3.63, 3.8) is 0 Å². The molecule has 3 rings (SSSR count). The molecule has 140 valence electrons. The van der Waals surface area contributed by atoms with E-state index in [1.165, 1.54) is 13.2 Å². The number of hydrogen-bond donors (Lipinski definition) is 0. The summed E-state index contributed by atoms with van der Waals surface area (Å²) in [4.78, 5) is 24.2. The summed E-state index contributed by atoms with van der Waals surface area (Å²) in [6, 6.07) is 8.45. The van der Waals surface area contributed by atoms with Crippen molar-refractivity contribution < 1.29 is 28.0 Å². The third-order valence-corrected chi connectivity index (χ3v) is 4.25. The van der Waals surface area contributed by atoms with E-state index < -0.39 is 11.9 Å². The number of carbonyl (C=O) groups excluding carboxylic acids is 2. The van der Waals surface area contributed by atoms with Crippen LogP contribution in [0.2, 0.25) is 5.02 Å². The van der Waals surface area contributed by atoms with E-state index in [0.29, 0.717) is 33.6 Å². The third kappa shape index (κ3) is 3.73. The number of methoxy groups -OCH3 is 1. The molecule has 0 aliphatic rings. The summed E-state index contributed by atoms with van der Waals surface area (Å²) in [5.74, 6) is -0.164. The minimum absolute atomic E-state index is 0.163. The molecule has 0 aliphatic heterocycles. The van der Waals surface area contributed by atoms with Crippen LogP contribution in [-0.4, -0.2) is 24.2 Å². The molecule has 0 atom stereocenters. The number of aromatic nitrogens is 1. The highest BCUT2D eigenvalue weighted by Crippen LogP contribution is 2.31. The number of aryl methyl sites for hydroxylation is 2. The highest BCUT2D eigenvalue weighted by atomic mass is 35.5. The number of carbonyl (C=O) groups is 2. The molecule has 0 fully saturated rings. The quantitative estimate of drug-likeness (QED) is 0.599. The second-order valence-corrected chi connectivity index (χ2v) is 6.10. The van der Waals surface area contributed by atoms with Gasteiger partial charge in [-0.3, -0.25) is 0 Å². The number of halogens is 1. The maximum Gasteiger partial charge on any atom is 0.344 e. The summed E-state index contributed by atoms with van der Waals surface area (Å²) in [5, 5.41) is 4.36. The molecule has 0 amide bonds. The second kappa shape index (κ2) is 7.67. The van der Waals surface area contributed by atoms with E-state index in [0.717, 1.165) is 0 Å². The molecule has 1 aromatic carbocycles. The predicted octanol–water partition coefficient (Wildman–Crippen LogP) is 4.35. The Morgan fingerprint density at radius 3 is 2.59 bits per heavy atom. The summed E-state index contributed by atoms with van der Waals surface area (Å²) in [6.07, 6.45) is 0. The van der Waals surface area contributed by atoms with Crippen LogP contribution in [0, 0.1) is 13.8 Å². The van der Waals surface area contributed by atoms with Gasteiger partial charge in [-0.05, 0) is 26.0 Å². The Morgan fingerprint density at radius 1 is 1.15 bits per heavy atom. The zero-order chi connectivity index (χ0) is 19.6. The lowest BCUT2D eigenvalue weighted by Gasteiger charge is -2.05. The molecular weight excluding hydrogens is 374 g/mol. The van der Waals surface area contributed by atoms with Crippen LogP contribution >= 0.6 is 11.6 Å². The van der Waals surface area contributed by atoms with Gasteiger partial charge in [-0.1, -0.05) is 35.0 Å². The number of nitrogens with zero attached hydrogens (tertiary/aromatic N) is 1. The predicted molar refractivity (Wildman–Crippen MR) is 95.6 cm³/mol. The first-order valence-corrected chi connectivity index (χ1v) is 8.36. The first-order chi connectivity index (χ1) is 12.9. The van der Waals surface area contributed by atoms with Gasteiger partial charge in [0, 0.05) is 5.56 Å². The molecule has 2 aromatic heterocycles. The van der Waals surface area contributed by atoms with Crippen molar-refractivity contribution in [3.05, 3.63) is 63.8 Å². The van der Waals surface area contributed by atoms with Crippen LogP contribution in [-0.2, 0) is 16.1 Å². The van der Waals surface area contributed by atoms with Crippen molar-refractivity contribution in [3.8, 4) is 11.3 Å². The van der Waals surface area contributed by atoms with Crippen LogP contribution in [0.25, 0.3) is 11.3 Å². The van der Waals surface area contributed by atoms with E-state index in [1.807, 2.05) is 0 Å². The molecule has 0 saturated heterocycles. The van der Waals surface area contributed by atoms with Gasteiger partial charge in [0.05, 0.1) is 12.1 Å². The molecule has 3 aromatic rings. The molecule has 2 heterocycles. The van der Waals surface area contributed by atoms with Gasteiger partial charge in [0.15, 0.2) is 0 Å². The lowest BCUT2D eigenvalue weighted by atomic mass is 10.1. The molecule has 0 N–H and O–H groups in total. The maximum atomic E-state index is 12.6. The Morgan fingerprint density at radius 2 is 1.89 bits per heavy atom. The van der Waals surface area contributed by atoms with Gasteiger partial charge in [0.2, 0.25) is 0 Å². The van der Waals surface area contributed by atoms with Crippen molar-refractivity contribution in [1.29, 1.82) is 0 Å². The molecule has 0 bridgehead atoms. The summed E-state index contributed by atoms with van der Waals surface area (Å²) in [5.41, 5.74) is 1.32. The molecule has 0 unspecified atom stereocenters. The third-order valence-electron chi connectivity index (χ3n) is 3.92. The molecule has 0 spiro atoms. The van der Waals surface area contributed by atoms with E-state index >= 15 is 0 Å². The molecule has 7 nitrogen and oxygen atoms in total. The van der Waals surface area contributed by atoms with Crippen molar-refractivity contribution in [1.82, 2.24) is 5.16 Å². The van der Waals surface area contributed by atoms with Gasteiger partial charge < -0.3 is 18.4 Å². The van der Waals surface area contributed by atoms with Gasteiger partial charge in [-0.15, -0.1) is 0 Å². The monoisotopic (exact) mass is 389 g/mol. The fourth-order valence-electron chi connectivity index (χ4n) is 2.59. The normalized spacial score (nSPS) is 10.7. The maximum absolute atomic E-state index is 12.6. The summed E-state index contributed by atoms with van der Waals surface area (Å²) >= 11 is 6.19. The Bertz CT molecular complexity index is 1000. The zero-order valence-electron chi connectivity index (χ0n) is 14.9. The second-order valence-electron chi connectivity index (χ2n) is 5.69. The number of hydrogen-bond acceptors (Lipinski definition) is 7. The Balaban J connectivity index is 1.81. The lowest BCUT2D eigenvalue weighted by molar-refractivity contribution is 0.0442. The highest BCUT2D eigenvalue weighted by Gasteiger charge is 2.25. The Labute approximate surface area is 159 Å². The molecule has 27 heavy (non-hydrogen) atoms. The minimum atomic E-state index is -0.641. The van der Waals surface area contributed by atoms with Crippen molar-refractivity contribution in [2.45, 2.75) is 20.5 Å². The Kier molecular flexibility index (Phi) is 5.32. The lowest BCUT2D eigenvalue weighted by Crippen LogP contribution is -2.07. The van der Waals surface area contributed by atoms with Gasteiger partial charge in [-0.25, -0.2) is 9.59 Å². The first kappa shape index (κ1) is 18.7. The highest BCUT2D eigenvalue weighted by molar-refractivity contribution is 6.33. The topological polar surface area (TPSA) is 91.8 Å². The van der Waals surface area contributed by atoms with Crippen LogP contribution in [0.4, 0.5) is 0 Å². The Hall–Kier alpha value is -3.06. The number of furan rings is 1. The SMILES string of the molecule is COC(=O)c1cc(COC(=O)c2c(-c3ccccc3Cl)noc2C)oc1C. The van der Waals surface area contributed by atoms with E-state index in [2.05, 4.69) is 9.89 Å². The van der Waals surface area contributed by atoms with E-state index in [-0.39, 0.29) is 17.7 Å². The largest absolute Gasteiger partial charge is 0.465 e. The standard InChI is InChI=1S/C19H16ClNO6/c1-10-14(18(22)24-3)8-12(26-10)9-25-19(23)16-11(2)27-21-17(16)13-6-4-5-7-15(13)20/h4-8H,9H2,1-3H3. The molecule has 0 aliphatic carbocycles. The van der Waals surface area contributed by atoms with Gasteiger partial charge in [0.1, 0.15) is 40.7 Å². The molecule has 8 heteroatoms.